The van der Waals surface area contributed by atoms with E-state index in [-0.39, 0.29) is 0 Å². The van der Waals surface area contributed by atoms with Crippen molar-refractivity contribution in [2.45, 2.75) is 51.9 Å². The normalized spacial score (nSPS) is 28.1. The molecule has 0 radical (unpaired) electrons. The molecular formula is C24H26N4. The minimum Gasteiger partial charge on any atom is -0.268 e. The van der Waals surface area contributed by atoms with Gasteiger partial charge in [0.05, 0.1) is 16.9 Å². The molecule has 4 heteroatoms. The van der Waals surface area contributed by atoms with Crippen molar-refractivity contribution in [3.63, 3.8) is 0 Å². The molecule has 0 saturated heterocycles. The molecule has 0 N–H and O–H groups in total. The van der Waals surface area contributed by atoms with Gasteiger partial charge in [-0.15, -0.1) is 0 Å². The van der Waals surface area contributed by atoms with Gasteiger partial charge in [-0.3, -0.25) is 9.98 Å². The molecule has 2 aromatic rings. The number of rotatable bonds is 1. The van der Waals surface area contributed by atoms with E-state index >= 15 is 0 Å². The summed E-state index contributed by atoms with van der Waals surface area (Å²) in [5.74, 6) is 0.345. The topological polar surface area (TPSA) is 51.0 Å². The van der Waals surface area contributed by atoms with E-state index in [1.54, 1.807) is 6.20 Å². The van der Waals surface area contributed by atoms with Gasteiger partial charge in [0.25, 0.3) is 0 Å². The minimum atomic E-state index is 0.345. The lowest BCUT2D eigenvalue weighted by molar-refractivity contribution is 0.688. The van der Waals surface area contributed by atoms with Crippen molar-refractivity contribution in [2.75, 3.05) is 0 Å². The predicted molar refractivity (Wildman–Crippen MR) is 115 cm³/mol. The molecule has 0 fully saturated rings. The fourth-order valence-electron chi connectivity index (χ4n) is 3.96. The number of aliphatic imine (C=N–C) groups is 1. The Labute approximate surface area is 165 Å². The van der Waals surface area contributed by atoms with Crippen LogP contribution in [0.25, 0.3) is 23.4 Å². The number of hydrogen-bond acceptors (Lipinski definition) is 4. The van der Waals surface area contributed by atoms with Crippen molar-refractivity contribution >= 4 is 29.6 Å². The van der Waals surface area contributed by atoms with E-state index in [2.05, 4.69) is 65.5 Å². The first kappa shape index (κ1) is 18.5. The Kier molecular flexibility index (Phi) is 5.56. The van der Waals surface area contributed by atoms with Crippen LogP contribution in [0.3, 0.4) is 0 Å². The Bertz CT molecular complexity index is 1170. The van der Waals surface area contributed by atoms with E-state index in [1.165, 1.54) is 16.4 Å². The van der Waals surface area contributed by atoms with Crippen molar-refractivity contribution in [3.8, 4) is 0 Å². The molecule has 142 valence electrons. The Morgan fingerprint density at radius 1 is 1.07 bits per heavy atom. The maximum Gasteiger partial charge on any atom is 0.0928 e. The first-order valence-corrected chi connectivity index (χ1v) is 10.1. The standard InChI is InChI=1S/C24H26N4/c1-17-7-5-6-13-25-16-20-10-11-22(27-24(17)20)19-8-3-4-9-23-21(18(2)15-19)12-14-26-28-23/h3-4,9-14,16,19H,5-8,15H2,1-2H3/b4-3-,20-16-,21-18-,23-9+,24-17+,25-13-. The van der Waals surface area contributed by atoms with E-state index in [9.17, 15) is 0 Å². The molecular weight excluding hydrogens is 344 g/mol. The third-order valence-electron chi connectivity index (χ3n) is 5.55. The summed E-state index contributed by atoms with van der Waals surface area (Å²) < 4.78 is 0. The second-order valence-corrected chi connectivity index (χ2v) is 7.65. The molecule has 3 heterocycles. The minimum absolute atomic E-state index is 0.345. The van der Waals surface area contributed by atoms with Gasteiger partial charge in [-0.1, -0.05) is 17.7 Å². The van der Waals surface area contributed by atoms with E-state index < -0.39 is 0 Å². The smallest absolute Gasteiger partial charge is 0.0928 e. The van der Waals surface area contributed by atoms with Crippen LogP contribution in [-0.4, -0.2) is 21.4 Å². The van der Waals surface area contributed by atoms with Crippen LogP contribution in [-0.2, 0) is 0 Å². The summed E-state index contributed by atoms with van der Waals surface area (Å²) in [6, 6.07) is 6.42. The summed E-state index contributed by atoms with van der Waals surface area (Å²) in [4.78, 5) is 9.58. The van der Waals surface area contributed by atoms with Gasteiger partial charge in [-0.2, -0.15) is 10.2 Å². The molecule has 0 saturated carbocycles. The van der Waals surface area contributed by atoms with Gasteiger partial charge in [0.2, 0.25) is 0 Å². The van der Waals surface area contributed by atoms with Crippen LogP contribution >= 0.6 is 0 Å². The van der Waals surface area contributed by atoms with Gasteiger partial charge in [0.15, 0.2) is 0 Å². The van der Waals surface area contributed by atoms with E-state index in [0.717, 1.165) is 53.7 Å². The number of allylic oxidation sites excluding steroid dienone is 2. The molecule has 1 aliphatic carbocycles. The molecule has 1 unspecified atom stereocenters. The zero-order chi connectivity index (χ0) is 19.3. The second kappa shape index (κ2) is 8.42. The van der Waals surface area contributed by atoms with Crippen LogP contribution in [0.2, 0.25) is 0 Å². The monoisotopic (exact) mass is 370 g/mol. The van der Waals surface area contributed by atoms with Crippen LogP contribution in [0.1, 0.15) is 57.6 Å². The average Bonchev–Trinajstić information content (AvgIpc) is 2.86. The van der Waals surface area contributed by atoms with Crippen molar-refractivity contribution in [1.82, 2.24) is 15.2 Å². The second-order valence-electron chi connectivity index (χ2n) is 7.65. The van der Waals surface area contributed by atoms with Crippen molar-refractivity contribution in [1.29, 1.82) is 0 Å². The highest BCUT2D eigenvalue weighted by Gasteiger charge is 2.14. The van der Waals surface area contributed by atoms with Crippen LogP contribution < -0.4 is 21.1 Å². The van der Waals surface area contributed by atoms with Gasteiger partial charge >= 0.3 is 0 Å². The summed E-state index contributed by atoms with van der Waals surface area (Å²) >= 11 is 0. The Morgan fingerprint density at radius 3 is 2.93 bits per heavy atom. The summed E-state index contributed by atoms with van der Waals surface area (Å²) in [5.41, 5.74) is 3.84. The number of aromatic nitrogens is 3. The molecule has 1 aliphatic heterocycles. The predicted octanol–water partition coefficient (Wildman–Crippen LogP) is 2.12. The first-order chi connectivity index (χ1) is 13.7. The molecule has 0 aromatic carbocycles. The molecule has 0 bridgehead atoms. The maximum atomic E-state index is 5.13. The van der Waals surface area contributed by atoms with Crippen LogP contribution in [0, 0.1) is 0 Å². The van der Waals surface area contributed by atoms with Gasteiger partial charge in [-0.25, -0.2) is 0 Å². The molecule has 4 nitrogen and oxygen atoms in total. The molecule has 0 amide bonds. The fraction of sp³-hybridized carbons (Fsp3) is 0.333. The lowest BCUT2D eigenvalue weighted by Crippen LogP contribution is -2.32. The van der Waals surface area contributed by atoms with Gasteiger partial charge in [-0.05, 0) is 75.8 Å². The van der Waals surface area contributed by atoms with E-state index in [4.69, 9.17) is 4.98 Å². The number of hydrogen-bond donors (Lipinski definition) is 0. The van der Waals surface area contributed by atoms with Gasteiger partial charge in [0, 0.05) is 34.5 Å². The highest BCUT2D eigenvalue weighted by molar-refractivity contribution is 5.62. The lowest BCUT2D eigenvalue weighted by atomic mass is 9.92. The van der Waals surface area contributed by atoms with Crippen LogP contribution in [0.4, 0.5) is 0 Å². The third-order valence-corrected chi connectivity index (χ3v) is 5.55. The average molecular weight is 371 g/mol. The molecule has 2 aliphatic rings. The zero-order valence-electron chi connectivity index (χ0n) is 16.6. The van der Waals surface area contributed by atoms with Crippen molar-refractivity contribution < 1.29 is 0 Å². The van der Waals surface area contributed by atoms with E-state index in [1.807, 2.05) is 12.4 Å². The van der Waals surface area contributed by atoms with Crippen molar-refractivity contribution in [2.24, 2.45) is 4.99 Å². The van der Waals surface area contributed by atoms with E-state index in [0.29, 0.717) is 5.92 Å². The fourth-order valence-corrected chi connectivity index (χ4v) is 3.96. The Hall–Kier alpha value is -2.88. The Morgan fingerprint density at radius 2 is 2.00 bits per heavy atom. The summed E-state index contributed by atoms with van der Waals surface area (Å²) in [7, 11) is 0. The van der Waals surface area contributed by atoms with Gasteiger partial charge in [0.1, 0.15) is 0 Å². The zero-order valence-corrected chi connectivity index (χ0v) is 16.6. The highest BCUT2D eigenvalue weighted by Crippen LogP contribution is 2.25. The molecule has 28 heavy (non-hydrogen) atoms. The summed E-state index contributed by atoms with van der Waals surface area (Å²) in [5, 5.41) is 12.7. The number of fused-ring (bicyclic) bond motifs is 2. The number of pyridine rings is 1. The molecule has 0 spiro atoms. The number of nitrogens with zero attached hydrogens (tertiary/aromatic N) is 4. The molecule has 2 aromatic heterocycles. The van der Waals surface area contributed by atoms with Crippen LogP contribution in [0.5, 0.6) is 0 Å². The first-order valence-electron chi connectivity index (χ1n) is 10.1. The SMILES string of the molecule is C\C1=c2/ccnn/c2=C/C=C\CC(c2ccc3/c(n2)=C(/C)CCC/C=N\C=3)C1. The third kappa shape index (κ3) is 4.01. The molecule has 4 rings (SSSR count). The quantitative estimate of drug-likeness (QED) is 0.773. The lowest BCUT2D eigenvalue weighted by Gasteiger charge is -2.16. The largest absolute Gasteiger partial charge is 0.268 e. The maximum absolute atomic E-state index is 5.13. The van der Waals surface area contributed by atoms with Crippen molar-refractivity contribution in [3.05, 3.63) is 63.4 Å². The van der Waals surface area contributed by atoms with Gasteiger partial charge < -0.3 is 0 Å². The molecule has 1 atom stereocenters. The summed E-state index contributed by atoms with van der Waals surface area (Å²) in [6.07, 6.45) is 17.2. The van der Waals surface area contributed by atoms with Crippen LogP contribution in [0.15, 0.2) is 41.5 Å². The highest BCUT2D eigenvalue weighted by atomic mass is 15.1. The summed E-state index contributed by atoms with van der Waals surface area (Å²) in [6.45, 7) is 4.41. The Balaban J connectivity index is 1.81.